The molecule has 0 amide bonds. The van der Waals surface area contributed by atoms with Crippen molar-refractivity contribution in [2.45, 2.75) is 24.5 Å². The molecule has 1 aromatic rings. The highest BCUT2D eigenvalue weighted by Gasteiger charge is 2.39. The first-order valence-corrected chi connectivity index (χ1v) is 8.76. The lowest BCUT2D eigenvalue weighted by atomic mass is 10.4. The molecule has 8 heteroatoms. The SMILES string of the molecule is Cn1ccnc(N2CC[C@H](S(=O)(=O)N3CCCC3)C2)c1=O. The molecular formula is C13H20N4O3S. The zero-order chi connectivity index (χ0) is 15.0. The summed E-state index contributed by atoms with van der Waals surface area (Å²) in [6.45, 7) is 2.17. The minimum atomic E-state index is -3.25. The predicted octanol–water partition coefficient (Wildman–Crippen LogP) is -0.215. The lowest BCUT2D eigenvalue weighted by molar-refractivity contribution is 0.467. The molecule has 0 bridgehead atoms. The molecule has 3 heterocycles. The smallest absolute Gasteiger partial charge is 0.293 e. The summed E-state index contributed by atoms with van der Waals surface area (Å²) in [6.07, 6.45) is 5.60. The topological polar surface area (TPSA) is 75.5 Å². The van der Waals surface area contributed by atoms with Crippen LogP contribution in [0.25, 0.3) is 0 Å². The van der Waals surface area contributed by atoms with Gasteiger partial charge in [-0.3, -0.25) is 4.79 Å². The van der Waals surface area contributed by atoms with Crippen molar-refractivity contribution in [3.63, 3.8) is 0 Å². The van der Waals surface area contributed by atoms with Gasteiger partial charge in [-0.15, -0.1) is 0 Å². The number of rotatable bonds is 3. The average molecular weight is 312 g/mol. The predicted molar refractivity (Wildman–Crippen MR) is 79.8 cm³/mol. The van der Waals surface area contributed by atoms with Gasteiger partial charge in [0.25, 0.3) is 5.56 Å². The van der Waals surface area contributed by atoms with E-state index < -0.39 is 15.3 Å². The Balaban J connectivity index is 1.79. The lowest BCUT2D eigenvalue weighted by Gasteiger charge is -2.21. The van der Waals surface area contributed by atoms with E-state index in [1.165, 1.54) is 4.57 Å². The van der Waals surface area contributed by atoms with Gasteiger partial charge in [0.2, 0.25) is 10.0 Å². The molecule has 2 aliphatic rings. The minimum absolute atomic E-state index is 0.184. The highest BCUT2D eigenvalue weighted by molar-refractivity contribution is 7.89. The highest BCUT2D eigenvalue weighted by atomic mass is 32.2. The Kier molecular flexibility index (Phi) is 3.75. The van der Waals surface area contributed by atoms with E-state index in [0.29, 0.717) is 38.4 Å². The third-order valence-electron chi connectivity index (χ3n) is 4.29. The van der Waals surface area contributed by atoms with E-state index in [2.05, 4.69) is 4.98 Å². The fourth-order valence-corrected chi connectivity index (χ4v) is 4.98. The summed E-state index contributed by atoms with van der Waals surface area (Å²) in [7, 11) is -1.58. The van der Waals surface area contributed by atoms with Crippen molar-refractivity contribution in [3.8, 4) is 0 Å². The van der Waals surface area contributed by atoms with Crippen LogP contribution in [-0.2, 0) is 17.1 Å². The Labute approximate surface area is 124 Å². The van der Waals surface area contributed by atoms with E-state index in [9.17, 15) is 13.2 Å². The van der Waals surface area contributed by atoms with E-state index in [-0.39, 0.29) is 5.56 Å². The van der Waals surface area contributed by atoms with Crippen molar-refractivity contribution in [1.82, 2.24) is 13.9 Å². The van der Waals surface area contributed by atoms with E-state index in [1.807, 2.05) is 0 Å². The van der Waals surface area contributed by atoms with Gasteiger partial charge in [0.1, 0.15) is 0 Å². The zero-order valence-corrected chi connectivity index (χ0v) is 12.9. The molecule has 3 rings (SSSR count). The molecule has 0 aromatic carbocycles. The van der Waals surface area contributed by atoms with Gasteiger partial charge >= 0.3 is 0 Å². The Morgan fingerprint density at radius 3 is 2.67 bits per heavy atom. The van der Waals surface area contributed by atoms with Gasteiger partial charge in [-0.2, -0.15) is 0 Å². The standard InChI is InChI=1S/C13H20N4O3S/c1-15-9-5-14-12(13(15)18)16-8-4-11(10-16)21(19,20)17-6-2-3-7-17/h5,9,11H,2-4,6-8,10H2,1H3/t11-/m0/s1. The molecule has 7 nitrogen and oxygen atoms in total. The lowest BCUT2D eigenvalue weighted by Crippen LogP contribution is -2.39. The molecule has 1 aromatic heterocycles. The van der Waals surface area contributed by atoms with Crippen LogP contribution in [0.15, 0.2) is 17.2 Å². The monoisotopic (exact) mass is 312 g/mol. The van der Waals surface area contributed by atoms with Gasteiger partial charge in [-0.05, 0) is 19.3 Å². The van der Waals surface area contributed by atoms with Crippen LogP contribution in [-0.4, -0.2) is 53.7 Å². The summed E-state index contributed by atoms with van der Waals surface area (Å²) in [5, 5.41) is -0.428. The van der Waals surface area contributed by atoms with Crippen molar-refractivity contribution in [3.05, 3.63) is 22.7 Å². The number of hydrogen-bond donors (Lipinski definition) is 0. The number of anilines is 1. The van der Waals surface area contributed by atoms with E-state index in [1.54, 1.807) is 28.6 Å². The number of aryl methyl sites for hydroxylation is 1. The Morgan fingerprint density at radius 2 is 1.95 bits per heavy atom. The van der Waals surface area contributed by atoms with Crippen LogP contribution >= 0.6 is 0 Å². The van der Waals surface area contributed by atoms with Crippen LogP contribution in [0.5, 0.6) is 0 Å². The molecule has 2 saturated heterocycles. The van der Waals surface area contributed by atoms with Gasteiger partial charge < -0.3 is 9.47 Å². The molecule has 116 valence electrons. The summed E-state index contributed by atoms with van der Waals surface area (Å²) in [6, 6.07) is 0. The van der Waals surface area contributed by atoms with E-state index in [0.717, 1.165) is 12.8 Å². The summed E-state index contributed by atoms with van der Waals surface area (Å²) in [5.74, 6) is 0.346. The molecular weight excluding hydrogens is 292 g/mol. The summed E-state index contributed by atoms with van der Waals surface area (Å²) in [5.41, 5.74) is -0.184. The molecule has 0 saturated carbocycles. The number of aromatic nitrogens is 2. The van der Waals surface area contributed by atoms with Crippen LogP contribution in [0.3, 0.4) is 0 Å². The van der Waals surface area contributed by atoms with Crippen LogP contribution in [0.1, 0.15) is 19.3 Å². The maximum Gasteiger partial charge on any atom is 0.293 e. The van der Waals surface area contributed by atoms with Crippen LogP contribution in [0, 0.1) is 0 Å². The van der Waals surface area contributed by atoms with Crippen molar-refractivity contribution in [1.29, 1.82) is 0 Å². The molecule has 0 N–H and O–H groups in total. The van der Waals surface area contributed by atoms with Gasteiger partial charge in [0.15, 0.2) is 5.82 Å². The first kappa shape index (κ1) is 14.5. The fourth-order valence-electron chi connectivity index (χ4n) is 3.02. The number of sulfonamides is 1. The largest absolute Gasteiger partial charge is 0.351 e. The first-order valence-electron chi connectivity index (χ1n) is 7.25. The molecule has 21 heavy (non-hydrogen) atoms. The third-order valence-corrected chi connectivity index (χ3v) is 6.60. The molecule has 1 atom stereocenters. The average Bonchev–Trinajstić information content (AvgIpc) is 3.12. The van der Waals surface area contributed by atoms with Gasteiger partial charge in [0.05, 0.1) is 5.25 Å². The van der Waals surface area contributed by atoms with Crippen LogP contribution in [0.4, 0.5) is 5.82 Å². The second kappa shape index (κ2) is 5.42. The zero-order valence-electron chi connectivity index (χ0n) is 12.1. The molecule has 2 aliphatic heterocycles. The third kappa shape index (κ3) is 2.57. The quantitative estimate of drug-likeness (QED) is 0.771. The van der Waals surface area contributed by atoms with Crippen molar-refractivity contribution >= 4 is 15.8 Å². The van der Waals surface area contributed by atoms with Gasteiger partial charge in [-0.1, -0.05) is 0 Å². The highest BCUT2D eigenvalue weighted by Crippen LogP contribution is 2.25. The summed E-state index contributed by atoms with van der Waals surface area (Å²) >= 11 is 0. The van der Waals surface area contributed by atoms with Gasteiger partial charge in [0, 0.05) is 45.6 Å². The maximum absolute atomic E-state index is 12.6. The number of hydrogen-bond acceptors (Lipinski definition) is 5. The van der Waals surface area contributed by atoms with E-state index >= 15 is 0 Å². The molecule has 0 unspecified atom stereocenters. The van der Waals surface area contributed by atoms with Crippen molar-refractivity contribution in [2.75, 3.05) is 31.1 Å². The minimum Gasteiger partial charge on any atom is -0.351 e. The Hall–Kier alpha value is -1.41. The molecule has 0 radical (unpaired) electrons. The number of nitrogens with zero attached hydrogens (tertiary/aromatic N) is 4. The van der Waals surface area contributed by atoms with Crippen molar-refractivity contribution in [2.24, 2.45) is 7.05 Å². The Morgan fingerprint density at radius 1 is 1.24 bits per heavy atom. The second-order valence-electron chi connectivity index (χ2n) is 5.67. The molecule has 0 aliphatic carbocycles. The van der Waals surface area contributed by atoms with E-state index in [4.69, 9.17) is 0 Å². The van der Waals surface area contributed by atoms with Crippen LogP contribution in [0.2, 0.25) is 0 Å². The first-order chi connectivity index (χ1) is 10.00. The maximum atomic E-state index is 12.6. The molecule has 2 fully saturated rings. The summed E-state index contributed by atoms with van der Waals surface area (Å²) < 4.78 is 28.2. The fraction of sp³-hybridized carbons (Fsp3) is 0.692. The normalized spacial score (nSPS) is 23.9. The van der Waals surface area contributed by atoms with Crippen LogP contribution < -0.4 is 10.5 Å². The van der Waals surface area contributed by atoms with Gasteiger partial charge in [-0.25, -0.2) is 17.7 Å². The second-order valence-corrected chi connectivity index (χ2v) is 7.89. The summed E-state index contributed by atoms with van der Waals surface area (Å²) in [4.78, 5) is 18.0. The molecule has 0 spiro atoms. The van der Waals surface area contributed by atoms with Crippen molar-refractivity contribution < 1.29 is 8.42 Å². The Bertz CT molecular complexity index is 679.